The van der Waals surface area contributed by atoms with Gasteiger partial charge in [-0.2, -0.15) is 13.2 Å². The lowest BCUT2D eigenvalue weighted by Gasteiger charge is -2.16. The van der Waals surface area contributed by atoms with E-state index in [1.54, 1.807) is 6.92 Å². The van der Waals surface area contributed by atoms with Crippen molar-refractivity contribution in [3.05, 3.63) is 29.3 Å². The van der Waals surface area contributed by atoms with Gasteiger partial charge in [-0.15, -0.1) is 0 Å². The van der Waals surface area contributed by atoms with Gasteiger partial charge in [-0.1, -0.05) is 0 Å². The van der Waals surface area contributed by atoms with Gasteiger partial charge in [-0.25, -0.2) is 4.79 Å². The summed E-state index contributed by atoms with van der Waals surface area (Å²) in [5, 5.41) is 11.6. The van der Waals surface area contributed by atoms with E-state index in [1.165, 1.54) is 6.07 Å². The predicted molar refractivity (Wildman–Crippen MR) is 68.0 cm³/mol. The minimum atomic E-state index is -4.71. The SMILES string of the molecule is CCOC(C)CNc1ccc(C(=O)O)c(C(F)(F)F)c1. The average molecular weight is 291 g/mol. The predicted octanol–water partition coefficient (Wildman–Crippen LogP) is 3.24. The fourth-order valence-corrected chi connectivity index (χ4v) is 1.68. The zero-order chi connectivity index (χ0) is 15.3. The van der Waals surface area contributed by atoms with Gasteiger partial charge in [0, 0.05) is 18.8 Å². The molecule has 0 amide bonds. The Morgan fingerprint density at radius 2 is 2.10 bits per heavy atom. The molecule has 1 aromatic carbocycles. The second-order valence-corrected chi connectivity index (χ2v) is 4.21. The maximum absolute atomic E-state index is 12.8. The highest BCUT2D eigenvalue weighted by atomic mass is 19.4. The zero-order valence-electron chi connectivity index (χ0n) is 11.1. The van der Waals surface area contributed by atoms with Crippen molar-refractivity contribution < 1.29 is 27.8 Å². The molecule has 20 heavy (non-hydrogen) atoms. The van der Waals surface area contributed by atoms with Gasteiger partial charge in [0.1, 0.15) is 0 Å². The summed E-state index contributed by atoms with van der Waals surface area (Å²) in [7, 11) is 0. The quantitative estimate of drug-likeness (QED) is 0.844. The Balaban J connectivity index is 2.93. The lowest BCUT2D eigenvalue weighted by molar-refractivity contribution is -0.138. The van der Waals surface area contributed by atoms with Crippen LogP contribution in [0.25, 0.3) is 0 Å². The number of carboxylic acid groups (broad SMARTS) is 1. The molecule has 0 saturated carbocycles. The van der Waals surface area contributed by atoms with Crippen LogP contribution < -0.4 is 5.32 Å². The fraction of sp³-hybridized carbons (Fsp3) is 0.462. The Labute approximate surface area is 114 Å². The molecule has 112 valence electrons. The number of ether oxygens (including phenoxy) is 1. The molecule has 1 atom stereocenters. The van der Waals surface area contributed by atoms with Crippen LogP contribution in [0.3, 0.4) is 0 Å². The number of rotatable bonds is 6. The highest BCUT2D eigenvalue weighted by Crippen LogP contribution is 2.33. The van der Waals surface area contributed by atoms with Crippen LogP contribution in [0.15, 0.2) is 18.2 Å². The number of hydrogen-bond donors (Lipinski definition) is 2. The van der Waals surface area contributed by atoms with E-state index in [0.717, 1.165) is 12.1 Å². The zero-order valence-corrected chi connectivity index (χ0v) is 11.1. The number of alkyl halides is 3. The molecule has 1 aromatic rings. The summed E-state index contributed by atoms with van der Waals surface area (Å²) < 4.78 is 43.6. The molecule has 1 unspecified atom stereocenters. The molecule has 0 aliphatic rings. The number of nitrogens with one attached hydrogen (secondary N) is 1. The van der Waals surface area contributed by atoms with Crippen LogP contribution in [0.1, 0.15) is 29.8 Å². The van der Waals surface area contributed by atoms with Gasteiger partial charge >= 0.3 is 12.1 Å². The number of carbonyl (C=O) groups is 1. The van der Waals surface area contributed by atoms with Crippen molar-refractivity contribution in [3.63, 3.8) is 0 Å². The second-order valence-electron chi connectivity index (χ2n) is 4.21. The van der Waals surface area contributed by atoms with Crippen LogP contribution in [0.2, 0.25) is 0 Å². The Bertz CT molecular complexity index is 474. The van der Waals surface area contributed by atoms with Crippen LogP contribution in [0, 0.1) is 0 Å². The molecule has 0 aromatic heterocycles. The summed E-state index contributed by atoms with van der Waals surface area (Å²) in [6.45, 7) is 4.44. The molecule has 1 rings (SSSR count). The maximum Gasteiger partial charge on any atom is 0.417 e. The first-order valence-corrected chi connectivity index (χ1v) is 6.05. The van der Waals surface area contributed by atoms with Gasteiger partial charge in [-0.3, -0.25) is 0 Å². The highest BCUT2D eigenvalue weighted by molar-refractivity contribution is 5.90. The first-order chi connectivity index (χ1) is 9.25. The molecule has 7 heteroatoms. The van der Waals surface area contributed by atoms with Crippen LogP contribution in [-0.4, -0.2) is 30.3 Å². The largest absolute Gasteiger partial charge is 0.478 e. The van der Waals surface area contributed by atoms with E-state index in [0.29, 0.717) is 13.2 Å². The van der Waals surface area contributed by atoms with Crippen LogP contribution in [-0.2, 0) is 10.9 Å². The summed E-state index contributed by atoms with van der Waals surface area (Å²) in [4.78, 5) is 10.8. The number of anilines is 1. The van der Waals surface area contributed by atoms with Crippen molar-refractivity contribution in [1.29, 1.82) is 0 Å². The first kappa shape index (κ1) is 16.3. The third-order valence-corrected chi connectivity index (χ3v) is 2.60. The monoisotopic (exact) mass is 291 g/mol. The van der Waals surface area contributed by atoms with Crippen molar-refractivity contribution in [1.82, 2.24) is 0 Å². The third kappa shape index (κ3) is 4.41. The number of halogens is 3. The third-order valence-electron chi connectivity index (χ3n) is 2.60. The Morgan fingerprint density at radius 1 is 1.45 bits per heavy atom. The molecular weight excluding hydrogens is 275 g/mol. The number of hydrogen-bond acceptors (Lipinski definition) is 3. The molecule has 0 aliphatic carbocycles. The van der Waals surface area contributed by atoms with Gasteiger partial charge in [0.25, 0.3) is 0 Å². The Morgan fingerprint density at radius 3 is 2.60 bits per heavy atom. The van der Waals surface area contributed by atoms with E-state index < -0.39 is 23.3 Å². The smallest absolute Gasteiger partial charge is 0.417 e. The molecule has 0 bridgehead atoms. The number of carboxylic acids is 1. The minimum absolute atomic E-state index is 0.159. The molecule has 2 N–H and O–H groups in total. The van der Waals surface area contributed by atoms with E-state index in [4.69, 9.17) is 9.84 Å². The summed E-state index contributed by atoms with van der Waals surface area (Å²) in [6.07, 6.45) is -4.87. The summed E-state index contributed by atoms with van der Waals surface area (Å²) in [5.41, 5.74) is -1.73. The molecule has 0 aliphatic heterocycles. The minimum Gasteiger partial charge on any atom is -0.478 e. The van der Waals surface area contributed by atoms with Gasteiger partial charge in [0.05, 0.1) is 17.2 Å². The molecule has 0 spiro atoms. The van der Waals surface area contributed by atoms with Gasteiger partial charge in [0.2, 0.25) is 0 Å². The van der Waals surface area contributed by atoms with Gasteiger partial charge < -0.3 is 15.2 Å². The molecule has 0 saturated heterocycles. The lowest BCUT2D eigenvalue weighted by atomic mass is 10.1. The van der Waals surface area contributed by atoms with Gasteiger partial charge in [-0.05, 0) is 32.0 Å². The van der Waals surface area contributed by atoms with Crippen molar-refractivity contribution in [3.8, 4) is 0 Å². The van der Waals surface area contributed by atoms with Crippen molar-refractivity contribution in [2.45, 2.75) is 26.1 Å². The highest BCUT2D eigenvalue weighted by Gasteiger charge is 2.35. The van der Waals surface area contributed by atoms with E-state index in [9.17, 15) is 18.0 Å². The summed E-state index contributed by atoms with van der Waals surface area (Å²) in [6, 6.07) is 3.04. The fourth-order valence-electron chi connectivity index (χ4n) is 1.68. The number of benzene rings is 1. The molecule has 0 radical (unpaired) electrons. The normalized spacial score (nSPS) is 13.1. The van der Waals surface area contributed by atoms with E-state index >= 15 is 0 Å². The van der Waals surface area contributed by atoms with Crippen molar-refractivity contribution in [2.24, 2.45) is 0 Å². The van der Waals surface area contributed by atoms with Crippen LogP contribution in [0.4, 0.5) is 18.9 Å². The maximum atomic E-state index is 12.8. The van der Waals surface area contributed by atoms with E-state index in [1.807, 2.05) is 6.92 Å². The second kappa shape index (κ2) is 6.60. The average Bonchev–Trinajstić information content (AvgIpc) is 2.35. The van der Waals surface area contributed by atoms with E-state index in [2.05, 4.69) is 5.32 Å². The molecule has 0 heterocycles. The Hall–Kier alpha value is -1.76. The van der Waals surface area contributed by atoms with Crippen molar-refractivity contribution in [2.75, 3.05) is 18.5 Å². The summed E-state index contributed by atoms with van der Waals surface area (Å²) in [5.74, 6) is -1.61. The van der Waals surface area contributed by atoms with Crippen LogP contribution in [0.5, 0.6) is 0 Å². The lowest BCUT2D eigenvalue weighted by Crippen LogP contribution is -2.20. The molecule has 0 fully saturated rings. The topological polar surface area (TPSA) is 58.6 Å². The first-order valence-electron chi connectivity index (χ1n) is 6.05. The van der Waals surface area contributed by atoms with E-state index in [-0.39, 0.29) is 11.8 Å². The molecular formula is C13H16F3NO3. The standard InChI is InChI=1S/C13H16F3NO3/c1-3-20-8(2)7-17-9-4-5-10(12(18)19)11(6-9)13(14,15)16/h4-6,8,17H,3,7H2,1-2H3,(H,18,19). The number of aromatic carboxylic acids is 1. The summed E-state index contributed by atoms with van der Waals surface area (Å²) >= 11 is 0. The van der Waals surface area contributed by atoms with Crippen molar-refractivity contribution >= 4 is 11.7 Å². The molecule has 4 nitrogen and oxygen atoms in total. The Kier molecular flexibility index (Phi) is 5.38. The van der Waals surface area contributed by atoms with Gasteiger partial charge in [0.15, 0.2) is 0 Å². The van der Waals surface area contributed by atoms with Crippen LogP contribution >= 0.6 is 0 Å².